The Morgan fingerprint density at radius 2 is 2.17 bits per heavy atom. The number of hydrogen-bond acceptors (Lipinski definition) is 1. The summed E-state index contributed by atoms with van der Waals surface area (Å²) < 4.78 is 0. The first-order valence-corrected chi connectivity index (χ1v) is 5.27. The van der Waals surface area contributed by atoms with Crippen LogP contribution in [0.5, 0.6) is 0 Å². The molecule has 0 bridgehead atoms. The molecule has 70 valence electrons. The van der Waals surface area contributed by atoms with Gasteiger partial charge in [-0.05, 0) is 25.7 Å². The third-order valence-corrected chi connectivity index (χ3v) is 2.93. The topological polar surface area (TPSA) is 12.0 Å². The van der Waals surface area contributed by atoms with Gasteiger partial charge >= 0.3 is 0 Å². The Labute approximate surface area is 80.2 Å². The number of nitrogens with one attached hydrogen (secondary N) is 1. The average molecular weight is 188 g/mol. The lowest BCUT2D eigenvalue weighted by atomic mass is 10.00. The highest BCUT2D eigenvalue weighted by Gasteiger charge is 2.20. The van der Waals surface area contributed by atoms with Crippen LogP contribution in [0, 0.1) is 5.92 Å². The van der Waals surface area contributed by atoms with E-state index in [0.29, 0.717) is 6.04 Å². The lowest BCUT2D eigenvalue weighted by Crippen LogP contribution is -2.32. The molecule has 1 atom stereocenters. The van der Waals surface area contributed by atoms with Crippen molar-refractivity contribution in [3.63, 3.8) is 0 Å². The smallest absolute Gasteiger partial charge is 0.0149 e. The Morgan fingerprint density at radius 3 is 2.75 bits per heavy atom. The van der Waals surface area contributed by atoms with Gasteiger partial charge < -0.3 is 5.32 Å². The van der Waals surface area contributed by atoms with E-state index in [1.807, 2.05) is 6.08 Å². The quantitative estimate of drug-likeness (QED) is 0.714. The Hall–Kier alpha value is -0.0100. The average Bonchev–Trinajstić information content (AvgIpc) is 2.56. The number of rotatable bonds is 4. The van der Waals surface area contributed by atoms with Gasteiger partial charge in [-0.3, -0.25) is 0 Å². The van der Waals surface area contributed by atoms with E-state index < -0.39 is 0 Å². The van der Waals surface area contributed by atoms with E-state index in [9.17, 15) is 0 Å². The fourth-order valence-electron chi connectivity index (χ4n) is 1.92. The first-order valence-electron chi connectivity index (χ1n) is 4.83. The molecule has 2 heteroatoms. The Balaban J connectivity index is 2.13. The molecule has 0 heterocycles. The largest absolute Gasteiger partial charge is 0.310 e. The molecule has 0 amide bonds. The number of hydrogen-bond donors (Lipinski definition) is 1. The highest BCUT2D eigenvalue weighted by Crippen LogP contribution is 2.27. The van der Waals surface area contributed by atoms with Crippen LogP contribution in [0.15, 0.2) is 11.6 Å². The van der Waals surface area contributed by atoms with Crippen molar-refractivity contribution >= 4 is 11.6 Å². The highest BCUT2D eigenvalue weighted by atomic mass is 35.5. The molecule has 1 aliphatic rings. The molecule has 1 aliphatic carbocycles. The summed E-state index contributed by atoms with van der Waals surface area (Å²) in [5, 5.41) is 3.45. The minimum Gasteiger partial charge on any atom is -0.310 e. The molecule has 0 spiro atoms. The molecule has 1 saturated carbocycles. The van der Waals surface area contributed by atoms with Crippen LogP contribution in [0.4, 0.5) is 0 Å². The van der Waals surface area contributed by atoms with Crippen LogP contribution in [0.2, 0.25) is 0 Å². The van der Waals surface area contributed by atoms with Crippen LogP contribution in [0.1, 0.15) is 32.6 Å². The summed E-state index contributed by atoms with van der Waals surface area (Å²) in [5.74, 6) is 0.897. The summed E-state index contributed by atoms with van der Waals surface area (Å²) in [6.45, 7) is 3.18. The predicted octanol–water partition coefficient (Wildman–Crippen LogP) is 2.91. The predicted molar refractivity (Wildman–Crippen MR) is 54.4 cm³/mol. The maximum atomic E-state index is 5.42. The van der Waals surface area contributed by atoms with E-state index in [2.05, 4.69) is 12.2 Å². The molecule has 0 aromatic heterocycles. The van der Waals surface area contributed by atoms with Gasteiger partial charge in [-0.2, -0.15) is 0 Å². The summed E-state index contributed by atoms with van der Waals surface area (Å²) in [5.41, 5.74) is 1.58. The lowest BCUT2D eigenvalue weighted by molar-refractivity contribution is 0.394. The standard InChI is InChI=1S/C10H18ClN/c1-9(12-8-4-7-11)10-5-2-3-6-10/h4,7,9-10,12H,2-3,5-6,8H2,1H3/b7-4+/t9-/m1/s1. The molecule has 0 radical (unpaired) electrons. The summed E-state index contributed by atoms with van der Waals surface area (Å²) in [6, 6.07) is 0.653. The summed E-state index contributed by atoms with van der Waals surface area (Å²) in [4.78, 5) is 0. The van der Waals surface area contributed by atoms with Crippen molar-refractivity contribution in [2.75, 3.05) is 6.54 Å². The van der Waals surface area contributed by atoms with Gasteiger partial charge in [0, 0.05) is 18.1 Å². The van der Waals surface area contributed by atoms with Gasteiger partial charge in [0.05, 0.1) is 0 Å². The van der Waals surface area contributed by atoms with Crippen molar-refractivity contribution in [3.8, 4) is 0 Å². The zero-order chi connectivity index (χ0) is 8.81. The maximum Gasteiger partial charge on any atom is 0.0149 e. The first kappa shape index (κ1) is 10.1. The zero-order valence-electron chi connectivity index (χ0n) is 7.72. The summed E-state index contributed by atoms with van der Waals surface area (Å²) in [7, 11) is 0. The Kier molecular flexibility index (Phi) is 4.70. The van der Waals surface area contributed by atoms with Crippen molar-refractivity contribution in [1.82, 2.24) is 5.32 Å². The molecule has 0 aromatic carbocycles. The van der Waals surface area contributed by atoms with Gasteiger partial charge in [0.25, 0.3) is 0 Å². The second kappa shape index (κ2) is 5.60. The highest BCUT2D eigenvalue weighted by molar-refractivity contribution is 6.25. The Bertz CT molecular complexity index is 139. The summed E-state index contributed by atoms with van der Waals surface area (Å²) in [6.07, 6.45) is 7.59. The molecule has 0 aromatic rings. The van der Waals surface area contributed by atoms with Gasteiger partial charge in [-0.15, -0.1) is 0 Å². The second-order valence-electron chi connectivity index (χ2n) is 3.60. The molecular weight excluding hydrogens is 170 g/mol. The van der Waals surface area contributed by atoms with Crippen molar-refractivity contribution in [3.05, 3.63) is 11.6 Å². The van der Waals surface area contributed by atoms with Crippen molar-refractivity contribution < 1.29 is 0 Å². The van der Waals surface area contributed by atoms with Crippen LogP contribution in [-0.4, -0.2) is 12.6 Å². The van der Waals surface area contributed by atoms with Gasteiger partial charge in [0.2, 0.25) is 0 Å². The minimum absolute atomic E-state index is 0.653. The number of halogens is 1. The zero-order valence-corrected chi connectivity index (χ0v) is 8.48. The van der Waals surface area contributed by atoms with Gasteiger partial charge in [0.15, 0.2) is 0 Å². The lowest BCUT2D eigenvalue weighted by Gasteiger charge is -2.19. The third-order valence-electron chi connectivity index (χ3n) is 2.75. The third kappa shape index (κ3) is 3.16. The molecule has 1 fully saturated rings. The van der Waals surface area contributed by atoms with Crippen LogP contribution in [0.3, 0.4) is 0 Å². The monoisotopic (exact) mass is 187 g/mol. The van der Waals surface area contributed by atoms with Crippen molar-refractivity contribution in [2.45, 2.75) is 38.6 Å². The normalized spacial score (nSPS) is 22.2. The summed E-state index contributed by atoms with van der Waals surface area (Å²) >= 11 is 5.42. The van der Waals surface area contributed by atoms with Crippen LogP contribution < -0.4 is 5.32 Å². The van der Waals surface area contributed by atoms with Gasteiger partial charge in [0.1, 0.15) is 0 Å². The van der Waals surface area contributed by atoms with Crippen molar-refractivity contribution in [2.24, 2.45) is 5.92 Å². The van der Waals surface area contributed by atoms with Crippen LogP contribution in [0.25, 0.3) is 0 Å². The molecule has 12 heavy (non-hydrogen) atoms. The van der Waals surface area contributed by atoms with Crippen molar-refractivity contribution in [1.29, 1.82) is 0 Å². The van der Waals surface area contributed by atoms with E-state index >= 15 is 0 Å². The molecular formula is C10H18ClN. The molecule has 1 N–H and O–H groups in total. The van der Waals surface area contributed by atoms with Gasteiger partial charge in [-0.1, -0.05) is 30.5 Å². The van der Waals surface area contributed by atoms with Crippen LogP contribution in [-0.2, 0) is 0 Å². The van der Waals surface area contributed by atoms with E-state index in [-0.39, 0.29) is 0 Å². The fraction of sp³-hybridized carbons (Fsp3) is 0.800. The molecule has 0 unspecified atom stereocenters. The fourth-order valence-corrected chi connectivity index (χ4v) is 2.01. The van der Waals surface area contributed by atoms with E-state index in [4.69, 9.17) is 11.6 Å². The molecule has 0 aliphatic heterocycles. The van der Waals surface area contributed by atoms with Gasteiger partial charge in [-0.25, -0.2) is 0 Å². The Morgan fingerprint density at radius 1 is 1.50 bits per heavy atom. The van der Waals surface area contributed by atoms with E-state index in [1.165, 1.54) is 25.7 Å². The molecule has 1 rings (SSSR count). The second-order valence-corrected chi connectivity index (χ2v) is 3.86. The molecule has 1 nitrogen and oxygen atoms in total. The van der Waals surface area contributed by atoms with Crippen LogP contribution >= 0.6 is 11.6 Å². The molecule has 0 saturated heterocycles. The van der Waals surface area contributed by atoms with E-state index in [1.54, 1.807) is 5.54 Å². The minimum atomic E-state index is 0.653. The SMILES string of the molecule is C[C@@H](NC/C=C/Cl)C1CCCC1. The maximum absolute atomic E-state index is 5.42. The first-order chi connectivity index (χ1) is 5.84. The van der Waals surface area contributed by atoms with E-state index in [0.717, 1.165) is 12.5 Å².